The van der Waals surface area contributed by atoms with Gasteiger partial charge in [0.25, 0.3) is 0 Å². The lowest BCUT2D eigenvalue weighted by atomic mass is 10.2. The summed E-state index contributed by atoms with van der Waals surface area (Å²) in [6, 6.07) is 0.399. The molecular formula is C10H12BrN3. The van der Waals surface area contributed by atoms with E-state index in [2.05, 4.69) is 37.4 Å². The summed E-state index contributed by atoms with van der Waals surface area (Å²) in [5.74, 6) is 0.801. The third-order valence-corrected chi connectivity index (χ3v) is 2.84. The van der Waals surface area contributed by atoms with Crippen LogP contribution in [-0.2, 0) is 0 Å². The van der Waals surface area contributed by atoms with Crippen molar-refractivity contribution in [3.63, 3.8) is 0 Å². The second kappa shape index (κ2) is 4.09. The van der Waals surface area contributed by atoms with Crippen LogP contribution in [0.4, 0.5) is 5.95 Å². The molecule has 0 aliphatic carbocycles. The Hall–Kier alpha value is -0.900. The molecule has 1 atom stereocenters. The highest BCUT2D eigenvalue weighted by Crippen LogP contribution is 2.22. The van der Waals surface area contributed by atoms with Gasteiger partial charge in [0.15, 0.2) is 0 Å². The van der Waals surface area contributed by atoms with Crippen LogP contribution in [0.1, 0.15) is 12.8 Å². The Morgan fingerprint density at radius 3 is 2.86 bits per heavy atom. The molecule has 1 aromatic heterocycles. The highest BCUT2D eigenvalue weighted by molar-refractivity contribution is 9.10. The number of halogens is 1. The molecule has 74 valence electrons. The molecule has 14 heavy (non-hydrogen) atoms. The van der Waals surface area contributed by atoms with Gasteiger partial charge >= 0.3 is 0 Å². The maximum absolute atomic E-state index is 4.28. The molecule has 0 bridgehead atoms. The van der Waals surface area contributed by atoms with Crippen molar-refractivity contribution in [1.82, 2.24) is 9.97 Å². The third kappa shape index (κ3) is 1.80. The zero-order valence-electron chi connectivity index (χ0n) is 7.86. The molecule has 1 aliphatic rings. The van der Waals surface area contributed by atoms with Crippen LogP contribution in [0.15, 0.2) is 29.5 Å². The zero-order valence-corrected chi connectivity index (χ0v) is 9.44. The van der Waals surface area contributed by atoms with Crippen LogP contribution in [0.5, 0.6) is 0 Å². The van der Waals surface area contributed by atoms with Crippen LogP contribution in [0, 0.1) is 0 Å². The molecule has 1 saturated heterocycles. The van der Waals surface area contributed by atoms with Gasteiger partial charge in [-0.1, -0.05) is 6.08 Å². The van der Waals surface area contributed by atoms with Gasteiger partial charge in [0.05, 0.1) is 4.47 Å². The van der Waals surface area contributed by atoms with E-state index in [9.17, 15) is 0 Å². The fraction of sp³-hybridized carbons (Fsp3) is 0.400. The van der Waals surface area contributed by atoms with Gasteiger partial charge in [-0.05, 0) is 28.8 Å². The molecule has 2 heterocycles. The SMILES string of the molecule is C=C[C@@H]1CCCN1c1ncc(Br)cn1. The standard InChI is InChI=1S/C10H12BrN3/c1-2-9-4-3-5-14(9)10-12-6-8(11)7-13-10/h2,6-7,9H,1,3-5H2/t9-/m1/s1. The van der Waals surface area contributed by atoms with Gasteiger partial charge in [0, 0.05) is 25.0 Å². The maximum atomic E-state index is 4.28. The predicted octanol–water partition coefficient (Wildman–Crippen LogP) is 2.39. The molecule has 1 aliphatic heterocycles. The van der Waals surface area contributed by atoms with Gasteiger partial charge in [0.1, 0.15) is 0 Å². The largest absolute Gasteiger partial charge is 0.334 e. The molecule has 0 N–H and O–H groups in total. The summed E-state index contributed by atoms with van der Waals surface area (Å²) in [6.07, 6.45) is 7.87. The van der Waals surface area contributed by atoms with Crippen molar-refractivity contribution in [2.45, 2.75) is 18.9 Å². The summed E-state index contributed by atoms with van der Waals surface area (Å²) in [7, 11) is 0. The molecule has 0 spiro atoms. The highest BCUT2D eigenvalue weighted by Gasteiger charge is 2.23. The molecule has 3 nitrogen and oxygen atoms in total. The van der Waals surface area contributed by atoms with E-state index in [1.807, 2.05) is 6.08 Å². The van der Waals surface area contributed by atoms with Gasteiger partial charge in [-0.25, -0.2) is 9.97 Å². The van der Waals surface area contributed by atoms with Crippen molar-refractivity contribution in [2.75, 3.05) is 11.4 Å². The number of nitrogens with zero attached hydrogens (tertiary/aromatic N) is 3. The average molecular weight is 254 g/mol. The van der Waals surface area contributed by atoms with Gasteiger partial charge in [-0.2, -0.15) is 0 Å². The molecule has 0 amide bonds. The van der Waals surface area contributed by atoms with Gasteiger partial charge in [-0.3, -0.25) is 0 Å². The van der Waals surface area contributed by atoms with Crippen molar-refractivity contribution in [2.24, 2.45) is 0 Å². The minimum absolute atomic E-state index is 0.399. The number of rotatable bonds is 2. The van der Waals surface area contributed by atoms with Gasteiger partial charge in [-0.15, -0.1) is 6.58 Å². The van der Waals surface area contributed by atoms with E-state index in [4.69, 9.17) is 0 Å². The lowest BCUT2D eigenvalue weighted by Crippen LogP contribution is -2.28. The Kier molecular flexibility index (Phi) is 2.82. The van der Waals surface area contributed by atoms with Crippen LogP contribution in [0.2, 0.25) is 0 Å². The minimum Gasteiger partial charge on any atom is -0.334 e. The van der Waals surface area contributed by atoms with E-state index in [0.29, 0.717) is 6.04 Å². The Bertz CT molecular complexity index is 323. The van der Waals surface area contributed by atoms with Crippen LogP contribution in [0.25, 0.3) is 0 Å². The van der Waals surface area contributed by atoms with Crippen molar-refractivity contribution in [1.29, 1.82) is 0 Å². The first-order valence-corrected chi connectivity index (χ1v) is 5.47. The van der Waals surface area contributed by atoms with Gasteiger partial charge in [0.2, 0.25) is 5.95 Å². The summed E-state index contributed by atoms with van der Waals surface area (Å²) in [4.78, 5) is 10.8. The summed E-state index contributed by atoms with van der Waals surface area (Å²) in [5, 5.41) is 0. The van der Waals surface area contributed by atoms with E-state index < -0.39 is 0 Å². The Balaban J connectivity index is 2.21. The molecular weight excluding hydrogens is 242 g/mol. The maximum Gasteiger partial charge on any atom is 0.225 e. The fourth-order valence-electron chi connectivity index (χ4n) is 1.74. The van der Waals surface area contributed by atoms with E-state index in [0.717, 1.165) is 23.4 Å². The second-order valence-corrected chi connectivity index (χ2v) is 4.26. The fourth-order valence-corrected chi connectivity index (χ4v) is 1.94. The van der Waals surface area contributed by atoms with Crippen LogP contribution < -0.4 is 4.90 Å². The topological polar surface area (TPSA) is 29.0 Å². The van der Waals surface area contributed by atoms with Crippen molar-refractivity contribution in [3.8, 4) is 0 Å². The quantitative estimate of drug-likeness (QED) is 0.759. The average Bonchev–Trinajstić information content (AvgIpc) is 2.67. The third-order valence-electron chi connectivity index (χ3n) is 2.43. The normalized spacial score (nSPS) is 21.2. The summed E-state index contributed by atoms with van der Waals surface area (Å²) in [5.41, 5.74) is 0. The van der Waals surface area contributed by atoms with Crippen molar-refractivity contribution < 1.29 is 0 Å². The first-order chi connectivity index (χ1) is 6.81. The van der Waals surface area contributed by atoms with Crippen LogP contribution >= 0.6 is 15.9 Å². The van der Waals surface area contributed by atoms with E-state index in [1.54, 1.807) is 12.4 Å². The monoisotopic (exact) mass is 253 g/mol. The molecule has 4 heteroatoms. The van der Waals surface area contributed by atoms with Gasteiger partial charge < -0.3 is 4.90 Å². The number of hydrogen-bond acceptors (Lipinski definition) is 3. The molecule has 2 rings (SSSR count). The number of aromatic nitrogens is 2. The molecule has 1 fully saturated rings. The molecule has 0 aromatic carbocycles. The number of hydrogen-bond donors (Lipinski definition) is 0. The van der Waals surface area contributed by atoms with Crippen molar-refractivity contribution >= 4 is 21.9 Å². The van der Waals surface area contributed by atoms with Crippen LogP contribution in [0.3, 0.4) is 0 Å². The second-order valence-electron chi connectivity index (χ2n) is 3.34. The Labute approximate surface area is 92.0 Å². The molecule has 1 aromatic rings. The molecule has 0 radical (unpaired) electrons. The van der Waals surface area contributed by atoms with E-state index in [1.165, 1.54) is 6.42 Å². The summed E-state index contributed by atoms with van der Waals surface area (Å²) < 4.78 is 0.913. The Morgan fingerprint density at radius 1 is 1.50 bits per heavy atom. The molecule has 0 saturated carbocycles. The summed E-state index contributed by atoms with van der Waals surface area (Å²) >= 11 is 3.32. The predicted molar refractivity (Wildman–Crippen MR) is 60.3 cm³/mol. The zero-order chi connectivity index (χ0) is 9.97. The highest BCUT2D eigenvalue weighted by atomic mass is 79.9. The van der Waals surface area contributed by atoms with Crippen molar-refractivity contribution in [3.05, 3.63) is 29.5 Å². The summed E-state index contributed by atoms with van der Waals surface area (Å²) in [6.45, 7) is 4.86. The van der Waals surface area contributed by atoms with E-state index in [-0.39, 0.29) is 0 Å². The first-order valence-electron chi connectivity index (χ1n) is 4.68. The smallest absolute Gasteiger partial charge is 0.225 e. The molecule has 0 unspecified atom stereocenters. The minimum atomic E-state index is 0.399. The Morgan fingerprint density at radius 2 is 2.21 bits per heavy atom. The first kappa shape index (κ1) is 9.65. The lowest BCUT2D eigenvalue weighted by Gasteiger charge is -2.21. The number of anilines is 1. The van der Waals surface area contributed by atoms with Crippen LogP contribution in [-0.4, -0.2) is 22.6 Å². The lowest BCUT2D eigenvalue weighted by molar-refractivity contribution is 0.781. The van der Waals surface area contributed by atoms with E-state index >= 15 is 0 Å².